The van der Waals surface area contributed by atoms with Gasteiger partial charge in [0, 0.05) is 23.5 Å². The molecule has 0 radical (unpaired) electrons. The smallest absolute Gasteiger partial charge is 0.157 e. The number of hydrogen-bond donors (Lipinski definition) is 1. The third kappa shape index (κ3) is 3.13. The van der Waals surface area contributed by atoms with Crippen molar-refractivity contribution in [1.29, 1.82) is 0 Å². The lowest BCUT2D eigenvalue weighted by atomic mass is 10.1. The Morgan fingerprint density at radius 3 is 2.62 bits per heavy atom. The lowest BCUT2D eigenvalue weighted by molar-refractivity contribution is 0.679. The van der Waals surface area contributed by atoms with Gasteiger partial charge in [0.25, 0.3) is 0 Å². The summed E-state index contributed by atoms with van der Waals surface area (Å²) in [6, 6.07) is 2.74. The minimum Gasteiger partial charge on any atom is -0.314 e. The maximum atomic E-state index is 4.67. The largest absolute Gasteiger partial charge is 0.314 e. The first-order valence-electron chi connectivity index (χ1n) is 7.65. The molecule has 1 aliphatic carbocycles. The van der Waals surface area contributed by atoms with Crippen LogP contribution in [-0.4, -0.2) is 32.3 Å². The molecule has 0 bridgehead atoms. The van der Waals surface area contributed by atoms with Crippen molar-refractivity contribution >= 4 is 0 Å². The average molecular weight is 285 g/mol. The van der Waals surface area contributed by atoms with Gasteiger partial charge in [0.1, 0.15) is 5.82 Å². The van der Waals surface area contributed by atoms with Gasteiger partial charge in [0.15, 0.2) is 5.82 Å². The summed E-state index contributed by atoms with van der Waals surface area (Å²) < 4.78 is 1.95. The van der Waals surface area contributed by atoms with E-state index in [1.807, 2.05) is 24.6 Å². The van der Waals surface area contributed by atoms with Crippen LogP contribution >= 0.6 is 0 Å². The average Bonchev–Trinajstić information content (AvgIpc) is 3.18. The van der Waals surface area contributed by atoms with E-state index in [1.165, 1.54) is 24.1 Å². The minimum absolute atomic E-state index is 0.757. The number of aromatic nitrogens is 4. The van der Waals surface area contributed by atoms with Gasteiger partial charge in [-0.1, -0.05) is 0 Å². The van der Waals surface area contributed by atoms with Crippen LogP contribution in [-0.2, 0) is 6.42 Å². The van der Waals surface area contributed by atoms with Crippen molar-refractivity contribution in [2.45, 2.75) is 53.0 Å². The van der Waals surface area contributed by atoms with Crippen LogP contribution in [0.1, 0.15) is 41.3 Å². The van der Waals surface area contributed by atoms with Gasteiger partial charge in [-0.3, -0.25) is 0 Å². The molecule has 5 heteroatoms. The highest BCUT2D eigenvalue weighted by Crippen LogP contribution is 2.20. The van der Waals surface area contributed by atoms with Crippen LogP contribution in [0.25, 0.3) is 5.82 Å². The Balaban J connectivity index is 1.85. The Bertz CT molecular complexity index is 635. The molecule has 1 saturated carbocycles. The fourth-order valence-electron chi connectivity index (χ4n) is 2.75. The third-order valence-electron chi connectivity index (χ3n) is 4.00. The molecule has 3 rings (SSSR count). The van der Waals surface area contributed by atoms with Crippen LogP contribution in [0.5, 0.6) is 0 Å². The van der Waals surface area contributed by atoms with E-state index in [4.69, 9.17) is 0 Å². The monoisotopic (exact) mass is 285 g/mol. The van der Waals surface area contributed by atoms with E-state index in [1.54, 1.807) is 0 Å². The second-order valence-electron chi connectivity index (χ2n) is 5.95. The number of nitrogens with one attached hydrogen (secondary N) is 1. The Kier molecular flexibility index (Phi) is 3.76. The number of nitrogens with zero attached hydrogens (tertiary/aromatic N) is 4. The molecular formula is C16H23N5. The first-order chi connectivity index (χ1) is 10.0. The second kappa shape index (κ2) is 5.56. The van der Waals surface area contributed by atoms with Crippen LogP contribution < -0.4 is 5.32 Å². The lowest BCUT2D eigenvalue weighted by Gasteiger charge is -2.07. The quantitative estimate of drug-likeness (QED) is 0.915. The minimum atomic E-state index is 0.757. The van der Waals surface area contributed by atoms with Crippen molar-refractivity contribution < 1.29 is 0 Å². The molecule has 0 amide bonds. The van der Waals surface area contributed by atoms with E-state index in [0.29, 0.717) is 0 Å². The molecule has 0 unspecified atom stereocenters. The zero-order valence-corrected chi connectivity index (χ0v) is 13.3. The first-order valence-corrected chi connectivity index (χ1v) is 7.65. The van der Waals surface area contributed by atoms with E-state index < -0.39 is 0 Å². The molecular weight excluding hydrogens is 262 g/mol. The molecule has 1 aliphatic rings. The normalized spacial score (nSPS) is 14.7. The first kappa shape index (κ1) is 14.2. The fourth-order valence-corrected chi connectivity index (χ4v) is 2.75. The predicted molar refractivity (Wildman–Crippen MR) is 82.8 cm³/mol. The Morgan fingerprint density at radius 1 is 1.19 bits per heavy atom. The summed E-state index contributed by atoms with van der Waals surface area (Å²) in [7, 11) is 0. The van der Waals surface area contributed by atoms with Crippen LogP contribution in [0.3, 0.4) is 0 Å². The second-order valence-corrected chi connectivity index (χ2v) is 5.95. The Morgan fingerprint density at radius 2 is 1.95 bits per heavy atom. The molecule has 1 N–H and O–H groups in total. The maximum Gasteiger partial charge on any atom is 0.157 e. The van der Waals surface area contributed by atoms with Crippen molar-refractivity contribution in [2.24, 2.45) is 0 Å². The molecule has 2 heterocycles. The summed E-state index contributed by atoms with van der Waals surface area (Å²) in [5, 5.41) is 8.24. The molecule has 2 aromatic rings. The summed E-state index contributed by atoms with van der Waals surface area (Å²) >= 11 is 0. The fraction of sp³-hybridized carbons (Fsp3) is 0.562. The molecule has 0 atom stereocenters. The molecule has 1 fully saturated rings. The summed E-state index contributed by atoms with van der Waals surface area (Å²) in [5.41, 5.74) is 4.58. The standard InChI is InChI=1S/C16H23N5/c1-10-9-16(19-13(4)18-10)21-12(3)15(11(2)20-21)7-8-17-14-5-6-14/h9,14,17H,5-8H2,1-4H3. The van der Waals surface area contributed by atoms with Crippen LogP contribution in [0, 0.1) is 27.7 Å². The molecule has 21 heavy (non-hydrogen) atoms. The lowest BCUT2D eigenvalue weighted by Crippen LogP contribution is -2.19. The van der Waals surface area contributed by atoms with Crippen LogP contribution in [0.15, 0.2) is 6.07 Å². The molecule has 112 valence electrons. The molecule has 0 saturated heterocycles. The third-order valence-corrected chi connectivity index (χ3v) is 4.00. The Hall–Kier alpha value is -1.75. The van der Waals surface area contributed by atoms with E-state index >= 15 is 0 Å². The van der Waals surface area contributed by atoms with Crippen LogP contribution in [0.2, 0.25) is 0 Å². The van der Waals surface area contributed by atoms with E-state index in [-0.39, 0.29) is 0 Å². The number of aryl methyl sites for hydroxylation is 3. The van der Waals surface area contributed by atoms with Gasteiger partial charge in [0.2, 0.25) is 0 Å². The molecule has 0 aromatic carbocycles. The highest BCUT2D eigenvalue weighted by atomic mass is 15.3. The topological polar surface area (TPSA) is 55.6 Å². The molecule has 2 aromatic heterocycles. The van der Waals surface area contributed by atoms with Gasteiger partial charge in [-0.15, -0.1) is 0 Å². The zero-order chi connectivity index (χ0) is 15.0. The van der Waals surface area contributed by atoms with Gasteiger partial charge in [-0.05, 0) is 59.1 Å². The number of hydrogen-bond acceptors (Lipinski definition) is 4. The van der Waals surface area contributed by atoms with Gasteiger partial charge >= 0.3 is 0 Å². The zero-order valence-electron chi connectivity index (χ0n) is 13.3. The van der Waals surface area contributed by atoms with Crippen LogP contribution in [0.4, 0.5) is 0 Å². The predicted octanol–water partition coefficient (Wildman–Crippen LogP) is 2.19. The summed E-state index contributed by atoms with van der Waals surface area (Å²) in [5.74, 6) is 1.65. The van der Waals surface area contributed by atoms with Crippen molar-refractivity contribution in [2.75, 3.05) is 6.54 Å². The van der Waals surface area contributed by atoms with Gasteiger partial charge in [0.05, 0.1) is 5.69 Å². The summed E-state index contributed by atoms with van der Waals surface area (Å²) in [6.07, 6.45) is 3.69. The molecule has 0 spiro atoms. The SMILES string of the molecule is Cc1cc(-n2nc(C)c(CCNC3CC3)c2C)nc(C)n1. The highest BCUT2D eigenvalue weighted by molar-refractivity contribution is 5.33. The maximum absolute atomic E-state index is 4.67. The van der Waals surface area contributed by atoms with E-state index in [0.717, 1.165) is 42.0 Å². The summed E-state index contributed by atoms with van der Waals surface area (Å²) in [4.78, 5) is 8.84. The Labute approximate surface area is 125 Å². The highest BCUT2D eigenvalue weighted by Gasteiger charge is 2.20. The van der Waals surface area contributed by atoms with Gasteiger partial charge < -0.3 is 5.32 Å². The summed E-state index contributed by atoms with van der Waals surface area (Å²) in [6.45, 7) is 9.14. The van der Waals surface area contributed by atoms with Crippen molar-refractivity contribution in [3.05, 3.63) is 34.5 Å². The van der Waals surface area contributed by atoms with Crippen molar-refractivity contribution in [3.63, 3.8) is 0 Å². The molecule has 5 nitrogen and oxygen atoms in total. The van der Waals surface area contributed by atoms with Crippen molar-refractivity contribution in [3.8, 4) is 5.82 Å². The van der Waals surface area contributed by atoms with Gasteiger partial charge in [-0.25, -0.2) is 14.6 Å². The van der Waals surface area contributed by atoms with Crippen molar-refractivity contribution in [1.82, 2.24) is 25.1 Å². The molecule has 0 aliphatic heterocycles. The van der Waals surface area contributed by atoms with E-state index in [9.17, 15) is 0 Å². The number of rotatable bonds is 5. The van der Waals surface area contributed by atoms with Gasteiger partial charge in [-0.2, -0.15) is 5.10 Å². The van der Waals surface area contributed by atoms with E-state index in [2.05, 4.69) is 34.2 Å².